The first-order chi connectivity index (χ1) is 10.6. The molecule has 1 heterocycles. The molecule has 1 aromatic rings. The second kappa shape index (κ2) is 8.29. The Morgan fingerprint density at radius 3 is 2.95 bits per heavy atom. The number of nitrogens with one attached hydrogen (secondary N) is 3. The van der Waals surface area contributed by atoms with Crippen LogP contribution in [0.2, 0.25) is 0 Å². The first kappa shape index (κ1) is 17.0. The van der Waals surface area contributed by atoms with E-state index in [4.69, 9.17) is 0 Å². The molecule has 6 heteroatoms. The van der Waals surface area contributed by atoms with E-state index in [1.54, 1.807) is 0 Å². The van der Waals surface area contributed by atoms with Crippen LogP contribution in [0.5, 0.6) is 0 Å². The van der Waals surface area contributed by atoms with Crippen LogP contribution in [0.15, 0.2) is 22.7 Å². The van der Waals surface area contributed by atoms with Crippen LogP contribution in [-0.4, -0.2) is 31.4 Å². The van der Waals surface area contributed by atoms with Crippen LogP contribution in [0.1, 0.15) is 24.8 Å². The number of benzene rings is 1. The predicted molar refractivity (Wildman–Crippen MR) is 90.7 cm³/mol. The fourth-order valence-electron chi connectivity index (χ4n) is 2.46. The van der Waals surface area contributed by atoms with E-state index in [1.165, 1.54) is 0 Å². The highest BCUT2D eigenvalue weighted by atomic mass is 79.9. The fourth-order valence-corrected chi connectivity index (χ4v) is 2.82. The molecule has 0 aliphatic carbocycles. The van der Waals surface area contributed by atoms with E-state index in [0.717, 1.165) is 41.7 Å². The van der Waals surface area contributed by atoms with E-state index in [-0.39, 0.29) is 24.2 Å². The van der Waals surface area contributed by atoms with Gasteiger partial charge in [-0.05, 0) is 44.0 Å². The van der Waals surface area contributed by atoms with Gasteiger partial charge in [0.25, 0.3) is 0 Å². The van der Waals surface area contributed by atoms with Crippen molar-refractivity contribution in [2.45, 2.75) is 26.2 Å². The zero-order valence-corrected chi connectivity index (χ0v) is 14.3. The molecule has 1 aliphatic rings. The van der Waals surface area contributed by atoms with Gasteiger partial charge in [0.05, 0.1) is 5.92 Å². The van der Waals surface area contributed by atoms with Crippen LogP contribution < -0.4 is 16.0 Å². The lowest BCUT2D eigenvalue weighted by Gasteiger charge is -2.21. The Labute approximate surface area is 139 Å². The Bertz CT molecular complexity index is 542. The summed E-state index contributed by atoms with van der Waals surface area (Å²) in [6, 6.07) is 5.75. The Hall–Kier alpha value is -1.40. The van der Waals surface area contributed by atoms with E-state index in [9.17, 15) is 9.59 Å². The molecule has 0 radical (unpaired) electrons. The van der Waals surface area contributed by atoms with Crippen molar-refractivity contribution >= 4 is 33.4 Å². The summed E-state index contributed by atoms with van der Waals surface area (Å²) in [5, 5.41) is 8.93. The van der Waals surface area contributed by atoms with Gasteiger partial charge in [-0.15, -0.1) is 0 Å². The van der Waals surface area contributed by atoms with Crippen molar-refractivity contribution in [1.29, 1.82) is 0 Å². The van der Waals surface area contributed by atoms with Gasteiger partial charge < -0.3 is 16.0 Å². The largest absolute Gasteiger partial charge is 0.355 e. The van der Waals surface area contributed by atoms with E-state index in [0.29, 0.717) is 6.54 Å². The average Bonchev–Trinajstić information content (AvgIpc) is 2.51. The molecule has 1 aliphatic heterocycles. The number of hydrogen-bond donors (Lipinski definition) is 3. The number of piperidine rings is 1. The number of halogens is 1. The van der Waals surface area contributed by atoms with Gasteiger partial charge in [-0.1, -0.05) is 22.0 Å². The fraction of sp³-hybridized carbons (Fsp3) is 0.500. The summed E-state index contributed by atoms with van der Waals surface area (Å²) >= 11 is 3.39. The molecule has 120 valence electrons. The van der Waals surface area contributed by atoms with Gasteiger partial charge in [0.1, 0.15) is 0 Å². The van der Waals surface area contributed by atoms with E-state index in [1.807, 2.05) is 25.1 Å². The van der Waals surface area contributed by atoms with Crippen molar-refractivity contribution in [3.63, 3.8) is 0 Å². The van der Waals surface area contributed by atoms with Crippen LogP contribution in [-0.2, 0) is 9.59 Å². The number of amides is 2. The Morgan fingerprint density at radius 1 is 1.41 bits per heavy atom. The summed E-state index contributed by atoms with van der Waals surface area (Å²) in [5.74, 6) is -0.0222. The molecule has 1 aromatic carbocycles. The van der Waals surface area contributed by atoms with Gasteiger partial charge in [0.2, 0.25) is 11.8 Å². The summed E-state index contributed by atoms with van der Waals surface area (Å²) in [6.07, 6.45) is 2.22. The molecule has 0 spiro atoms. The average molecular weight is 368 g/mol. The Morgan fingerprint density at radius 2 is 2.23 bits per heavy atom. The molecule has 1 unspecified atom stereocenters. The number of anilines is 1. The third kappa shape index (κ3) is 5.10. The maximum Gasteiger partial charge on any atom is 0.226 e. The minimum absolute atomic E-state index is 0.0316. The Balaban J connectivity index is 1.73. The van der Waals surface area contributed by atoms with Crippen molar-refractivity contribution in [2.75, 3.05) is 25.0 Å². The predicted octanol–water partition coefficient (Wildman–Crippen LogP) is 2.20. The second-order valence-electron chi connectivity index (χ2n) is 5.59. The van der Waals surface area contributed by atoms with E-state index in [2.05, 4.69) is 31.9 Å². The zero-order valence-electron chi connectivity index (χ0n) is 12.7. The highest BCUT2D eigenvalue weighted by Crippen LogP contribution is 2.20. The molecule has 22 heavy (non-hydrogen) atoms. The molecule has 1 fully saturated rings. The third-order valence-corrected chi connectivity index (χ3v) is 4.29. The molecule has 0 bridgehead atoms. The lowest BCUT2D eigenvalue weighted by Crippen LogP contribution is -2.41. The lowest BCUT2D eigenvalue weighted by molar-refractivity contribution is -0.125. The molecular weight excluding hydrogens is 346 g/mol. The molecular formula is C16H22BrN3O2. The maximum atomic E-state index is 11.9. The van der Waals surface area contributed by atoms with E-state index < -0.39 is 0 Å². The first-order valence-electron chi connectivity index (χ1n) is 7.60. The smallest absolute Gasteiger partial charge is 0.226 e. The zero-order chi connectivity index (χ0) is 15.9. The van der Waals surface area contributed by atoms with Gasteiger partial charge in [0.15, 0.2) is 0 Å². The standard InChI is InChI=1S/C16H22BrN3O2/c1-11-4-5-13(17)9-14(11)20-15(21)6-8-19-16(22)12-3-2-7-18-10-12/h4-5,9,12,18H,2-3,6-8,10H2,1H3,(H,19,22)(H,20,21). The van der Waals surface area contributed by atoms with Crippen molar-refractivity contribution in [3.05, 3.63) is 28.2 Å². The molecule has 1 saturated heterocycles. The molecule has 5 nitrogen and oxygen atoms in total. The van der Waals surface area contributed by atoms with Crippen LogP contribution in [0.3, 0.4) is 0 Å². The van der Waals surface area contributed by atoms with Crippen LogP contribution in [0.25, 0.3) is 0 Å². The number of hydrogen-bond acceptors (Lipinski definition) is 3. The van der Waals surface area contributed by atoms with Crippen molar-refractivity contribution in [3.8, 4) is 0 Å². The van der Waals surface area contributed by atoms with Gasteiger partial charge in [-0.25, -0.2) is 0 Å². The SMILES string of the molecule is Cc1ccc(Br)cc1NC(=O)CCNC(=O)C1CCCNC1. The monoisotopic (exact) mass is 367 g/mol. The highest BCUT2D eigenvalue weighted by Gasteiger charge is 2.20. The normalized spacial score (nSPS) is 17.8. The van der Waals surface area contributed by atoms with Gasteiger partial charge in [-0.3, -0.25) is 9.59 Å². The van der Waals surface area contributed by atoms with Crippen LogP contribution in [0.4, 0.5) is 5.69 Å². The van der Waals surface area contributed by atoms with Crippen LogP contribution in [0, 0.1) is 12.8 Å². The molecule has 2 amide bonds. The highest BCUT2D eigenvalue weighted by molar-refractivity contribution is 9.10. The minimum Gasteiger partial charge on any atom is -0.355 e. The molecule has 3 N–H and O–H groups in total. The summed E-state index contributed by atoms with van der Waals surface area (Å²) < 4.78 is 0.923. The van der Waals surface area contributed by atoms with Crippen molar-refractivity contribution in [2.24, 2.45) is 5.92 Å². The first-order valence-corrected chi connectivity index (χ1v) is 8.40. The third-order valence-electron chi connectivity index (χ3n) is 3.79. The summed E-state index contributed by atoms with van der Waals surface area (Å²) in [4.78, 5) is 23.9. The molecule has 1 atom stereocenters. The maximum absolute atomic E-state index is 11.9. The number of rotatable bonds is 5. The van der Waals surface area contributed by atoms with Gasteiger partial charge >= 0.3 is 0 Å². The Kier molecular flexibility index (Phi) is 6.39. The number of aryl methyl sites for hydroxylation is 1. The van der Waals surface area contributed by atoms with Gasteiger partial charge in [-0.2, -0.15) is 0 Å². The summed E-state index contributed by atoms with van der Waals surface area (Å²) in [5.41, 5.74) is 1.80. The summed E-state index contributed by atoms with van der Waals surface area (Å²) in [7, 11) is 0. The molecule has 0 aromatic heterocycles. The van der Waals surface area contributed by atoms with Crippen molar-refractivity contribution in [1.82, 2.24) is 10.6 Å². The number of carbonyl (C=O) groups excluding carboxylic acids is 2. The number of carbonyl (C=O) groups is 2. The second-order valence-corrected chi connectivity index (χ2v) is 6.51. The lowest BCUT2D eigenvalue weighted by atomic mass is 9.99. The summed E-state index contributed by atoms with van der Waals surface area (Å²) in [6.45, 7) is 4.03. The van der Waals surface area contributed by atoms with Crippen molar-refractivity contribution < 1.29 is 9.59 Å². The topological polar surface area (TPSA) is 70.2 Å². The van der Waals surface area contributed by atoms with Gasteiger partial charge in [0, 0.05) is 29.7 Å². The minimum atomic E-state index is -0.0942. The van der Waals surface area contributed by atoms with Crippen LogP contribution >= 0.6 is 15.9 Å². The molecule has 2 rings (SSSR count). The van der Waals surface area contributed by atoms with E-state index >= 15 is 0 Å². The molecule has 0 saturated carbocycles. The quantitative estimate of drug-likeness (QED) is 0.746.